The summed E-state index contributed by atoms with van der Waals surface area (Å²) in [5, 5.41) is 11.6. The lowest BCUT2D eigenvalue weighted by atomic mass is 9.87. The van der Waals surface area contributed by atoms with Crippen molar-refractivity contribution < 1.29 is 19.5 Å². The molecule has 0 aromatic rings. The first-order valence-corrected chi connectivity index (χ1v) is 7.38. The number of likely N-dealkylation sites (N-methyl/N-ethyl adjacent to an activating group) is 1. The van der Waals surface area contributed by atoms with Crippen LogP contribution in [0, 0.1) is 11.8 Å². The molecule has 1 fully saturated rings. The largest absolute Gasteiger partial charge is 0.481 e. The fourth-order valence-corrected chi connectivity index (χ4v) is 2.34. The zero-order valence-corrected chi connectivity index (χ0v) is 13.1. The molecule has 0 spiro atoms. The summed E-state index contributed by atoms with van der Waals surface area (Å²) in [4.78, 5) is 38.1. The normalized spacial score (nSPS) is 17.6. The van der Waals surface area contributed by atoms with Crippen LogP contribution in [0.15, 0.2) is 0 Å². The van der Waals surface area contributed by atoms with Gasteiger partial charge in [0.25, 0.3) is 0 Å². The number of rotatable bonds is 6. The Labute approximate surface area is 125 Å². The van der Waals surface area contributed by atoms with E-state index in [1.165, 1.54) is 4.90 Å². The second kappa shape index (κ2) is 7.28. The van der Waals surface area contributed by atoms with Crippen molar-refractivity contribution in [2.45, 2.75) is 33.7 Å². The highest BCUT2D eigenvalue weighted by Crippen LogP contribution is 2.23. The molecule has 0 aromatic carbocycles. The summed E-state index contributed by atoms with van der Waals surface area (Å²) in [5.74, 6) is -1.42. The Kier molecular flexibility index (Phi) is 5.99. The molecule has 2 N–H and O–H groups in total. The number of hydrogen-bond acceptors (Lipinski definition) is 3. The molecule has 3 amide bonds. The Bertz CT molecular complexity index is 403. The predicted octanol–water partition coefficient (Wildman–Crippen LogP) is 0.605. The molecule has 0 saturated carbocycles. The van der Waals surface area contributed by atoms with Crippen LogP contribution in [0.2, 0.25) is 0 Å². The number of nitrogens with one attached hydrogen (secondary N) is 1. The molecular formula is C14H25N3O4. The van der Waals surface area contributed by atoms with Gasteiger partial charge >= 0.3 is 12.0 Å². The Morgan fingerprint density at radius 1 is 1.24 bits per heavy atom. The average Bonchev–Trinajstić information content (AvgIpc) is 2.37. The number of aliphatic carboxylic acids is 1. The van der Waals surface area contributed by atoms with Crippen molar-refractivity contribution in [3.05, 3.63) is 0 Å². The number of likely N-dealkylation sites (tertiary alicyclic amines) is 1. The minimum absolute atomic E-state index is 0.0120. The van der Waals surface area contributed by atoms with Gasteiger partial charge in [-0.05, 0) is 20.8 Å². The third kappa shape index (κ3) is 4.09. The number of nitrogens with zero attached hydrogens (tertiary/aromatic N) is 2. The molecule has 7 nitrogen and oxygen atoms in total. The van der Waals surface area contributed by atoms with E-state index in [-0.39, 0.29) is 17.9 Å². The fourth-order valence-electron chi connectivity index (χ4n) is 2.34. The minimum atomic E-state index is -0.842. The predicted molar refractivity (Wildman–Crippen MR) is 77.8 cm³/mol. The maximum Gasteiger partial charge on any atom is 0.318 e. The summed E-state index contributed by atoms with van der Waals surface area (Å²) in [6.07, 6.45) is 0. The highest BCUT2D eigenvalue weighted by atomic mass is 16.4. The van der Waals surface area contributed by atoms with Crippen LogP contribution in [0.1, 0.15) is 27.7 Å². The molecule has 1 saturated heterocycles. The number of carboxylic acids is 1. The lowest BCUT2D eigenvalue weighted by molar-refractivity contribution is -0.144. The van der Waals surface area contributed by atoms with E-state index in [0.29, 0.717) is 26.2 Å². The SMILES string of the molecule is CCN(CC)C(=O)C(C)NC(=O)N1CC(C(C)C(=O)O)C1. The van der Waals surface area contributed by atoms with E-state index in [4.69, 9.17) is 5.11 Å². The topological polar surface area (TPSA) is 90.0 Å². The van der Waals surface area contributed by atoms with Crippen LogP contribution in [0.4, 0.5) is 4.79 Å². The summed E-state index contributed by atoms with van der Waals surface area (Å²) in [6, 6.07) is -0.884. The van der Waals surface area contributed by atoms with E-state index in [1.807, 2.05) is 13.8 Å². The van der Waals surface area contributed by atoms with Crippen molar-refractivity contribution in [2.24, 2.45) is 11.8 Å². The number of hydrogen-bond donors (Lipinski definition) is 2. The van der Waals surface area contributed by atoms with Crippen molar-refractivity contribution in [1.82, 2.24) is 15.1 Å². The van der Waals surface area contributed by atoms with Gasteiger partial charge in [-0.15, -0.1) is 0 Å². The molecule has 1 aliphatic heterocycles. The molecule has 2 unspecified atom stereocenters. The quantitative estimate of drug-likeness (QED) is 0.752. The van der Waals surface area contributed by atoms with Crippen molar-refractivity contribution in [2.75, 3.05) is 26.2 Å². The van der Waals surface area contributed by atoms with Gasteiger partial charge in [-0.3, -0.25) is 9.59 Å². The lowest BCUT2D eigenvalue weighted by Crippen LogP contribution is -2.59. The molecule has 120 valence electrons. The standard InChI is InChI=1S/C14H25N3O4/c1-5-16(6-2)12(18)10(4)15-14(21)17-7-11(8-17)9(3)13(19)20/h9-11H,5-8H2,1-4H3,(H,15,21)(H,19,20). The second-order valence-electron chi connectivity index (χ2n) is 5.47. The molecule has 1 heterocycles. The number of urea groups is 1. The van der Waals surface area contributed by atoms with Crippen LogP contribution < -0.4 is 5.32 Å². The van der Waals surface area contributed by atoms with Crippen molar-refractivity contribution in [3.8, 4) is 0 Å². The van der Waals surface area contributed by atoms with Gasteiger partial charge in [0.1, 0.15) is 6.04 Å². The second-order valence-corrected chi connectivity index (χ2v) is 5.47. The van der Waals surface area contributed by atoms with Gasteiger partial charge in [0.2, 0.25) is 5.91 Å². The monoisotopic (exact) mass is 299 g/mol. The summed E-state index contributed by atoms with van der Waals surface area (Å²) in [5.41, 5.74) is 0. The van der Waals surface area contributed by atoms with E-state index in [2.05, 4.69) is 5.32 Å². The van der Waals surface area contributed by atoms with Gasteiger partial charge in [-0.1, -0.05) is 6.92 Å². The van der Waals surface area contributed by atoms with Crippen LogP contribution in [-0.2, 0) is 9.59 Å². The number of carboxylic acid groups (broad SMARTS) is 1. The van der Waals surface area contributed by atoms with Crippen LogP contribution in [0.5, 0.6) is 0 Å². The minimum Gasteiger partial charge on any atom is -0.481 e. The molecule has 0 aliphatic carbocycles. The molecule has 21 heavy (non-hydrogen) atoms. The van der Waals surface area contributed by atoms with Gasteiger partial charge < -0.3 is 20.2 Å². The Morgan fingerprint density at radius 3 is 2.19 bits per heavy atom. The molecular weight excluding hydrogens is 274 g/mol. The molecule has 0 bridgehead atoms. The molecule has 1 rings (SSSR count). The van der Waals surface area contributed by atoms with E-state index < -0.39 is 17.9 Å². The molecule has 2 atom stereocenters. The first kappa shape index (κ1) is 17.3. The first-order chi connectivity index (χ1) is 9.81. The first-order valence-electron chi connectivity index (χ1n) is 7.38. The summed E-state index contributed by atoms with van der Waals surface area (Å²) < 4.78 is 0. The third-order valence-corrected chi connectivity index (χ3v) is 4.08. The van der Waals surface area contributed by atoms with E-state index >= 15 is 0 Å². The van der Waals surface area contributed by atoms with Gasteiger partial charge in [0, 0.05) is 32.1 Å². The zero-order valence-electron chi connectivity index (χ0n) is 13.1. The van der Waals surface area contributed by atoms with Gasteiger partial charge in [-0.25, -0.2) is 4.79 Å². The number of carbonyl (C=O) groups excluding carboxylic acids is 2. The van der Waals surface area contributed by atoms with Crippen LogP contribution >= 0.6 is 0 Å². The highest BCUT2D eigenvalue weighted by molar-refractivity contribution is 5.87. The van der Waals surface area contributed by atoms with Crippen molar-refractivity contribution in [3.63, 3.8) is 0 Å². The molecule has 0 aromatic heterocycles. The van der Waals surface area contributed by atoms with E-state index in [0.717, 1.165) is 0 Å². The maximum absolute atomic E-state index is 12.0. The lowest BCUT2D eigenvalue weighted by Gasteiger charge is -2.41. The Morgan fingerprint density at radius 2 is 1.76 bits per heavy atom. The fraction of sp³-hybridized carbons (Fsp3) is 0.786. The zero-order chi connectivity index (χ0) is 16.2. The van der Waals surface area contributed by atoms with Gasteiger partial charge in [-0.2, -0.15) is 0 Å². The van der Waals surface area contributed by atoms with Crippen LogP contribution in [0.3, 0.4) is 0 Å². The van der Waals surface area contributed by atoms with Crippen LogP contribution in [-0.4, -0.2) is 65.0 Å². The summed E-state index contributed by atoms with van der Waals surface area (Å²) >= 11 is 0. The molecule has 7 heteroatoms. The maximum atomic E-state index is 12.0. The van der Waals surface area contributed by atoms with Crippen molar-refractivity contribution >= 4 is 17.9 Å². The van der Waals surface area contributed by atoms with E-state index in [9.17, 15) is 14.4 Å². The number of carbonyl (C=O) groups is 3. The average molecular weight is 299 g/mol. The Hall–Kier alpha value is -1.79. The highest BCUT2D eigenvalue weighted by Gasteiger charge is 2.37. The number of amides is 3. The third-order valence-electron chi connectivity index (χ3n) is 4.08. The van der Waals surface area contributed by atoms with Crippen LogP contribution in [0.25, 0.3) is 0 Å². The van der Waals surface area contributed by atoms with E-state index in [1.54, 1.807) is 18.7 Å². The molecule has 1 aliphatic rings. The smallest absolute Gasteiger partial charge is 0.318 e. The molecule has 0 radical (unpaired) electrons. The van der Waals surface area contributed by atoms with Gasteiger partial charge in [0.15, 0.2) is 0 Å². The Balaban J connectivity index is 2.42. The summed E-state index contributed by atoms with van der Waals surface area (Å²) in [7, 11) is 0. The van der Waals surface area contributed by atoms with Gasteiger partial charge in [0.05, 0.1) is 5.92 Å². The van der Waals surface area contributed by atoms with Crippen molar-refractivity contribution in [1.29, 1.82) is 0 Å². The summed E-state index contributed by atoms with van der Waals surface area (Å²) in [6.45, 7) is 9.16.